The minimum absolute atomic E-state index is 0.318. The minimum Gasteiger partial charge on any atom is -0.493 e. The van der Waals surface area contributed by atoms with E-state index in [-0.39, 0.29) is 5.54 Å². The molecular weight excluding hydrogens is 250 g/mol. The van der Waals surface area contributed by atoms with Crippen molar-refractivity contribution in [2.45, 2.75) is 32.7 Å². The molecule has 0 saturated heterocycles. The van der Waals surface area contributed by atoms with Crippen molar-refractivity contribution in [1.29, 1.82) is 0 Å². The third-order valence-corrected chi connectivity index (χ3v) is 3.22. The number of nitrogens with two attached hydrogens (primary N) is 1. The quantitative estimate of drug-likeness (QED) is 0.923. The van der Waals surface area contributed by atoms with E-state index >= 15 is 0 Å². The third kappa shape index (κ3) is 2.47. The highest BCUT2D eigenvalue weighted by Gasteiger charge is 2.19. The zero-order valence-electron chi connectivity index (χ0n) is 11.1. The van der Waals surface area contributed by atoms with E-state index in [4.69, 9.17) is 26.5 Å². The highest BCUT2D eigenvalue weighted by molar-refractivity contribution is 6.36. The summed E-state index contributed by atoms with van der Waals surface area (Å²) in [6.45, 7) is 5.84. The molecule has 2 N–H and O–H groups in total. The van der Waals surface area contributed by atoms with Gasteiger partial charge >= 0.3 is 0 Å². The molecule has 0 spiro atoms. The molecular formula is C14H18ClNO2. The average molecular weight is 268 g/mol. The number of methoxy groups -OCH3 is 1. The van der Waals surface area contributed by atoms with Crippen molar-refractivity contribution in [2.24, 2.45) is 5.73 Å². The number of benzene rings is 1. The maximum absolute atomic E-state index is 6.42. The Balaban J connectivity index is 2.64. The molecule has 2 rings (SSSR count). The highest BCUT2D eigenvalue weighted by atomic mass is 35.5. The van der Waals surface area contributed by atoms with Crippen LogP contribution in [0.5, 0.6) is 5.75 Å². The van der Waals surface area contributed by atoms with Crippen LogP contribution in [0, 0.1) is 6.92 Å². The SMILES string of the molecule is COc1cc(CC(C)(C)N)c(Cl)c2cc(C)oc12. The molecule has 18 heavy (non-hydrogen) atoms. The van der Waals surface area contributed by atoms with Crippen molar-refractivity contribution < 1.29 is 9.15 Å². The second-order valence-electron chi connectivity index (χ2n) is 5.32. The van der Waals surface area contributed by atoms with Crippen molar-refractivity contribution in [1.82, 2.24) is 0 Å². The van der Waals surface area contributed by atoms with Crippen LogP contribution in [-0.4, -0.2) is 12.6 Å². The van der Waals surface area contributed by atoms with E-state index in [1.54, 1.807) is 7.11 Å². The fourth-order valence-corrected chi connectivity index (χ4v) is 2.35. The molecule has 0 bridgehead atoms. The van der Waals surface area contributed by atoms with Crippen molar-refractivity contribution in [3.8, 4) is 5.75 Å². The monoisotopic (exact) mass is 267 g/mol. The summed E-state index contributed by atoms with van der Waals surface area (Å²) in [5.74, 6) is 1.51. The molecule has 0 atom stereocenters. The molecule has 0 fully saturated rings. The molecule has 1 heterocycles. The van der Waals surface area contributed by atoms with Crippen LogP contribution in [0.25, 0.3) is 11.0 Å². The first-order valence-corrected chi connectivity index (χ1v) is 6.24. The first-order chi connectivity index (χ1) is 8.31. The Morgan fingerprint density at radius 2 is 2.06 bits per heavy atom. The van der Waals surface area contributed by atoms with Gasteiger partial charge in [-0.05, 0) is 44.9 Å². The smallest absolute Gasteiger partial charge is 0.177 e. The summed E-state index contributed by atoms with van der Waals surface area (Å²) in [4.78, 5) is 0. The zero-order valence-corrected chi connectivity index (χ0v) is 11.9. The molecule has 1 aromatic heterocycles. The predicted octanol–water partition coefficient (Wildman–Crippen LogP) is 3.68. The van der Waals surface area contributed by atoms with E-state index < -0.39 is 0 Å². The predicted molar refractivity (Wildman–Crippen MR) is 74.5 cm³/mol. The van der Waals surface area contributed by atoms with Crippen LogP contribution in [0.15, 0.2) is 16.5 Å². The van der Waals surface area contributed by atoms with Gasteiger partial charge < -0.3 is 14.9 Å². The summed E-state index contributed by atoms with van der Waals surface area (Å²) in [6, 6.07) is 3.83. The van der Waals surface area contributed by atoms with Gasteiger partial charge in [-0.1, -0.05) is 11.6 Å². The van der Waals surface area contributed by atoms with Crippen molar-refractivity contribution in [2.75, 3.05) is 7.11 Å². The summed E-state index contributed by atoms with van der Waals surface area (Å²) in [6.07, 6.45) is 0.683. The Bertz CT molecular complexity index is 581. The fraction of sp³-hybridized carbons (Fsp3) is 0.429. The third-order valence-electron chi connectivity index (χ3n) is 2.77. The normalized spacial score (nSPS) is 12.1. The summed E-state index contributed by atoms with van der Waals surface area (Å²) in [7, 11) is 1.62. The number of rotatable bonds is 3. The van der Waals surface area contributed by atoms with E-state index in [0.29, 0.717) is 22.8 Å². The van der Waals surface area contributed by atoms with Gasteiger partial charge in [-0.2, -0.15) is 0 Å². The van der Waals surface area contributed by atoms with Crippen LogP contribution in [0.3, 0.4) is 0 Å². The molecule has 2 aromatic rings. The Morgan fingerprint density at radius 3 is 2.61 bits per heavy atom. The molecule has 1 aromatic carbocycles. The van der Waals surface area contributed by atoms with Crippen molar-refractivity contribution in [3.05, 3.63) is 28.5 Å². The first kappa shape index (κ1) is 13.2. The van der Waals surface area contributed by atoms with Crippen LogP contribution in [-0.2, 0) is 6.42 Å². The van der Waals surface area contributed by atoms with Gasteiger partial charge in [-0.3, -0.25) is 0 Å². The largest absolute Gasteiger partial charge is 0.493 e. The number of hydrogen-bond donors (Lipinski definition) is 1. The second kappa shape index (κ2) is 4.48. The van der Waals surface area contributed by atoms with E-state index in [0.717, 1.165) is 16.7 Å². The molecule has 3 nitrogen and oxygen atoms in total. The minimum atomic E-state index is -0.318. The first-order valence-electron chi connectivity index (χ1n) is 5.86. The highest BCUT2D eigenvalue weighted by Crippen LogP contribution is 2.37. The molecule has 0 amide bonds. The van der Waals surface area contributed by atoms with Crippen LogP contribution >= 0.6 is 11.6 Å². The fourth-order valence-electron chi connectivity index (χ4n) is 2.09. The van der Waals surface area contributed by atoms with Gasteiger partial charge in [0.05, 0.1) is 12.1 Å². The lowest BCUT2D eigenvalue weighted by Crippen LogP contribution is -2.34. The number of fused-ring (bicyclic) bond motifs is 1. The summed E-state index contributed by atoms with van der Waals surface area (Å²) in [5.41, 5.74) is 7.41. The van der Waals surface area contributed by atoms with Gasteiger partial charge in [0.1, 0.15) is 5.76 Å². The maximum Gasteiger partial charge on any atom is 0.177 e. The molecule has 98 valence electrons. The van der Waals surface area contributed by atoms with Gasteiger partial charge in [0.15, 0.2) is 11.3 Å². The Morgan fingerprint density at radius 1 is 1.39 bits per heavy atom. The van der Waals surface area contributed by atoms with Gasteiger partial charge in [-0.25, -0.2) is 0 Å². The van der Waals surface area contributed by atoms with E-state index in [9.17, 15) is 0 Å². The van der Waals surface area contributed by atoms with E-state index in [1.807, 2.05) is 32.9 Å². The van der Waals surface area contributed by atoms with Crippen LogP contribution in [0.1, 0.15) is 25.2 Å². The van der Waals surface area contributed by atoms with Crippen LogP contribution < -0.4 is 10.5 Å². The number of ether oxygens (including phenoxy) is 1. The Kier molecular flexibility index (Phi) is 3.30. The van der Waals surface area contributed by atoms with Gasteiger partial charge in [0, 0.05) is 10.9 Å². The Hall–Kier alpha value is -1.19. The van der Waals surface area contributed by atoms with E-state index in [2.05, 4.69) is 0 Å². The van der Waals surface area contributed by atoms with Crippen LogP contribution in [0.4, 0.5) is 0 Å². The summed E-state index contributed by atoms with van der Waals surface area (Å²) in [5, 5.41) is 1.58. The van der Waals surface area contributed by atoms with Crippen molar-refractivity contribution in [3.63, 3.8) is 0 Å². The number of aryl methyl sites for hydroxylation is 1. The zero-order chi connectivity index (χ0) is 13.5. The molecule has 0 saturated carbocycles. The van der Waals surface area contributed by atoms with E-state index in [1.165, 1.54) is 0 Å². The molecule has 0 aliphatic rings. The standard InChI is InChI=1S/C14H18ClNO2/c1-8-5-10-12(15)9(7-14(2,3)16)6-11(17-4)13(10)18-8/h5-6H,7,16H2,1-4H3. The molecule has 4 heteroatoms. The Labute approximate surface area is 112 Å². The number of furan rings is 1. The van der Waals surface area contributed by atoms with Gasteiger partial charge in [0.25, 0.3) is 0 Å². The average Bonchev–Trinajstić information content (AvgIpc) is 2.63. The molecule has 0 radical (unpaired) electrons. The molecule has 0 aliphatic heterocycles. The lowest BCUT2D eigenvalue weighted by atomic mass is 9.95. The topological polar surface area (TPSA) is 48.4 Å². The number of hydrogen-bond acceptors (Lipinski definition) is 3. The lowest BCUT2D eigenvalue weighted by molar-refractivity contribution is 0.407. The molecule has 0 unspecified atom stereocenters. The molecule has 0 aliphatic carbocycles. The van der Waals surface area contributed by atoms with Crippen molar-refractivity contribution >= 4 is 22.6 Å². The maximum atomic E-state index is 6.42. The van der Waals surface area contributed by atoms with Gasteiger partial charge in [0.2, 0.25) is 0 Å². The number of halogens is 1. The van der Waals surface area contributed by atoms with Crippen LogP contribution in [0.2, 0.25) is 5.02 Å². The second-order valence-corrected chi connectivity index (χ2v) is 5.70. The summed E-state index contributed by atoms with van der Waals surface area (Å²) >= 11 is 6.42. The van der Waals surface area contributed by atoms with Gasteiger partial charge in [-0.15, -0.1) is 0 Å². The lowest BCUT2D eigenvalue weighted by Gasteiger charge is -2.20. The summed E-state index contributed by atoms with van der Waals surface area (Å²) < 4.78 is 11.0.